The molecule has 0 heterocycles. The highest BCUT2D eigenvalue weighted by molar-refractivity contribution is 14.1. The van der Waals surface area contributed by atoms with Crippen LogP contribution in [-0.4, -0.2) is 6.61 Å². The highest BCUT2D eigenvalue weighted by atomic mass is 127. The first-order chi connectivity index (χ1) is 5.84. The van der Waals surface area contributed by atoms with Gasteiger partial charge in [0.2, 0.25) is 0 Å². The average molecular weight is 337 g/mol. The molecule has 0 amide bonds. The van der Waals surface area contributed by atoms with Crippen molar-refractivity contribution in [3.05, 3.63) is 27.8 Å². The molecule has 0 spiro atoms. The van der Waals surface area contributed by atoms with Gasteiger partial charge < -0.3 is 4.74 Å². The van der Waals surface area contributed by atoms with Crippen molar-refractivity contribution in [3.8, 4) is 16.5 Å². The molecule has 3 heteroatoms. The third-order valence-corrected chi connectivity index (χ3v) is 2.37. The van der Waals surface area contributed by atoms with Crippen LogP contribution in [0.5, 0.6) is 5.75 Å². The van der Waals surface area contributed by atoms with E-state index in [0.29, 0.717) is 6.61 Å². The van der Waals surface area contributed by atoms with Gasteiger partial charge >= 0.3 is 0 Å². The molecule has 0 unspecified atom stereocenters. The second kappa shape index (κ2) is 5.44. The van der Waals surface area contributed by atoms with Crippen LogP contribution in [0.3, 0.4) is 0 Å². The van der Waals surface area contributed by atoms with E-state index in [0.717, 1.165) is 9.32 Å². The third-order valence-electron chi connectivity index (χ3n) is 1.20. The Hall–Kier alpha value is -0.210. The molecule has 62 valence electrons. The lowest BCUT2D eigenvalue weighted by Crippen LogP contribution is -1.94. The van der Waals surface area contributed by atoms with E-state index in [1.54, 1.807) is 0 Å². The molecule has 1 rings (SSSR count). The molecule has 0 aliphatic rings. The van der Waals surface area contributed by atoms with Gasteiger partial charge in [-0.25, -0.2) is 0 Å². The zero-order valence-corrected chi connectivity index (χ0v) is 9.92. The minimum atomic E-state index is 0.422. The van der Waals surface area contributed by atoms with Gasteiger partial charge in [-0.2, -0.15) is 0 Å². The number of ether oxygens (including phenoxy) is 1. The maximum atomic E-state index is 5.37. The van der Waals surface area contributed by atoms with Crippen molar-refractivity contribution in [1.82, 2.24) is 0 Å². The summed E-state index contributed by atoms with van der Waals surface area (Å²) >= 11 is 5.23. The maximum Gasteiger partial charge on any atom is 0.149 e. The maximum absolute atomic E-state index is 5.37. The van der Waals surface area contributed by atoms with E-state index in [1.807, 2.05) is 24.3 Å². The summed E-state index contributed by atoms with van der Waals surface area (Å²) in [7, 11) is 0. The molecule has 0 aliphatic heterocycles. The smallest absolute Gasteiger partial charge is 0.149 e. The largest absolute Gasteiger partial charge is 0.480 e. The van der Waals surface area contributed by atoms with E-state index in [2.05, 4.69) is 49.3 Å². The minimum Gasteiger partial charge on any atom is -0.480 e. The molecule has 0 bridgehead atoms. The Bertz CT molecular complexity index is 314. The van der Waals surface area contributed by atoms with Crippen LogP contribution in [0.1, 0.15) is 0 Å². The van der Waals surface area contributed by atoms with Gasteiger partial charge in [-0.1, -0.05) is 12.1 Å². The Morgan fingerprint density at radius 3 is 2.83 bits per heavy atom. The van der Waals surface area contributed by atoms with Crippen LogP contribution in [0.25, 0.3) is 0 Å². The molecule has 0 fully saturated rings. The molecule has 1 aromatic carbocycles. The zero-order valence-electron chi connectivity index (χ0n) is 6.18. The molecule has 0 saturated carbocycles. The summed E-state index contributed by atoms with van der Waals surface area (Å²) in [6.45, 7) is 0.422. The van der Waals surface area contributed by atoms with E-state index >= 15 is 0 Å². The summed E-state index contributed by atoms with van der Waals surface area (Å²) in [6.07, 6.45) is 0. The van der Waals surface area contributed by atoms with Gasteiger partial charge in [-0.05, 0) is 45.5 Å². The highest BCUT2D eigenvalue weighted by Gasteiger charge is 1.95. The molecule has 1 aromatic rings. The molecule has 0 aliphatic carbocycles. The number of benzene rings is 1. The van der Waals surface area contributed by atoms with Crippen molar-refractivity contribution in [2.75, 3.05) is 6.61 Å². The van der Waals surface area contributed by atoms with Crippen molar-refractivity contribution in [1.29, 1.82) is 0 Å². The molecular weight excluding hydrogens is 331 g/mol. The van der Waals surface area contributed by atoms with Crippen LogP contribution in [0.15, 0.2) is 24.3 Å². The van der Waals surface area contributed by atoms with E-state index in [1.165, 1.54) is 0 Å². The quantitative estimate of drug-likeness (QED) is 0.596. The molecule has 12 heavy (non-hydrogen) atoms. The van der Waals surface area contributed by atoms with Gasteiger partial charge in [-0.3, -0.25) is 0 Å². The first kappa shape index (κ1) is 9.87. The summed E-state index contributed by atoms with van der Waals surface area (Å²) in [5.74, 6) is 3.65. The van der Waals surface area contributed by atoms with Gasteiger partial charge in [-0.15, -0.1) is 0 Å². The van der Waals surface area contributed by atoms with E-state index in [9.17, 15) is 0 Å². The lowest BCUT2D eigenvalue weighted by atomic mass is 10.3. The summed E-state index contributed by atoms with van der Waals surface area (Å²) in [4.78, 5) is 2.59. The second-order valence-corrected chi connectivity index (χ2v) is 3.55. The van der Waals surface area contributed by atoms with Crippen LogP contribution in [-0.2, 0) is 0 Å². The van der Waals surface area contributed by atoms with Gasteiger partial charge in [0.25, 0.3) is 0 Å². The van der Waals surface area contributed by atoms with E-state index in [-0.39, 0.29) is 0 Å². The number of hydrogen-bond acceptors (Lipinski definition) is 1. The SMILES string of the molecule is BrC#CCOc1ccccc1I. The summed E-state index contributed by atoms with van der Waals surface area (Å²) in [5.41, 5.74) is 0. The van der Waals surface area contributed by atoms with Crippen LogP contribution in [0.2, 0.25) is 0 Å². The van der Waals surface area contributed by atoms with Crippen molar-refractivity contribution < 1.29 is 4.74 Å². The Morgan fingerprint density at radius 1 is 1.42 bits per heavy atom. The van der Waals surface area contributed by atoms with Crippen LogP contribution in [0.4, 0.5) is 0 Å². The van der Waals surface area contributed by atoms with Gasteiger partial charge in [0.15, 0.2) is 0 Å². The third kappa shape index (κ3) is 3.03. The fraction of sp³-hybridized carbons (Fsp3) is 0.111. The van der Waals surface area contributed by atoms with Crippen molar-refractivity contribution in [2.45, 2.75) is 0 Å². The molecule has 0 saturated heterocycles. The van der Waals surface area contributed by atoms with Crippen LogP contribution < -0.4 is 4.74 Å². The fourth-order valence-electron chi connectivity index (χ4n) is 0.703. The Balaban J connectivity index is 2.61. The first-order valence-electron chi connectivity index (χ1n) is 3.30. The number of para-hydroxylation sites is 1. The van der Waals surface area contributed by atoms with Crippen molar-refractivity contribution in [2.24, 2.45) is 0 Å². The molecule has 0 aromatic heterocycles. The topological polar surface area (TPSA) is 9.23 Å². The van der Waals surface area contributed by atoms with Crippen LogP contribution in [0, 0.1) is 14.3 Å². The Kier molecular flexibility index (Phi) is 4.48. The lowest BCUT2D eigenvalue weighted by molar-refractivity contribution is 0.368. The van der Waals surface area contributed by atoms with Crippen molar-refractivity contribution in [3.63, 3.8) is 0 Å². The monoisotopic (exact) mass is 336 g/mol. The molecular formula is C9H6BrIO. The number of rotatable bonds is 2. The standard InChI is InChI=1S/C9H6BrIO/c10-6-3-7-12-9-5-2-1-4-8(9)11/h1-2,4-5H,7H2. The predicted molar refractivity (Wildman–Crippen MR) is 61.4 cm³/mol. The van der Waals surface area contributed by atoms with Crippen molar-refractivity contribution >= 4 is 38.5 Å². The van der Waals surface area contributed by atoms with Gasteiger partial charge in [0.1, 0.15) is 12.4 Å². The molecule has 0 atom stereocenters. The summed E-state index contributed by atoms with van der Waals surface area (Å²) < 4.78 is 6.47. The first-order valence-corrected chi connectivity index (χ1v) is 5.17. The van der Waals surface area contributed by atoms with E-state index in [4.69, 9.17) is 4.74 Å². The summed E-state index contributed by atoms with van der Waals surface area (Å²) in [6, 6.07) is 7.85. The molecule has 0 N–H and O–H groups in total. The fourth-order valence-corrected chi connectivity index (χ4v) is 1.36. The second-order valence-electron chi connectivity index (χ2n) is 1.99. The zero-order chi connectivity index (χ0) is 8.81. The Morgan fingerprint density at radius 2 is 2.17 bits per heavy atom. The normalized spacial score (nSPS) is 8.50. The van der Waals surface area contributed by atoms with Crippen LogP contribution >= 0.6 is 38.5 Å². The highest BCUT2D eigenvalue weighted by Crippen LogP contribution is 2.19. The number of hydrogen-bond donors (Lipinski definition) is 0. The van der Waals surface area contributed by atoms with Gasteiger partial charge in [0, 0.05) is 15.9 Å². The average Bonchev–Trinajstić information content (AvgIpc) is 2.09. The Labute approximate surface area is 93.8 Å². The number of halogens is 2. The predicted octanol–water partition coefficient (Wildman–Crippen LogP) is 3.03. The summed E-state index contributed by atoms with van der Waals surface area (Å²) in [5, 5.41) is 0. The lowest BCUT2D eigenvalue weighted by Gasteiger charge is -2.02. The molecule has 1 nitrogen and oxygen atoms in total. The molecule has 0 radical (unpaired) electrons. The van der Waals surface area contributed by atoms with E-state index < -0.39 is 0 Å². The minimum absolute atomic E-state index is 0.422. The van der Waals surface area contributed by atoms with Gasteiger partial charge in [0.05, 0.1) is 3.57 Å².